The molecular weight excluding hydrogens is 411 g/mol. The lowest BCUT2D eigenvalue weighted by Crippen LogP contribution is -2.38. The number of carbonyl (C=O) groups is 2. The van der Waals surface area contributed by atoms with Crippen molar-refractivity contribution in [1.82, 2.24) is 10.2 Å². The van der Waals surface area contributed by atoms with Gasteiger partial charge in [0.25, 0.3) is 0 Å². The van der Waals surface area contributed by atoms with Crippen LogP contribution in [0.5, 0.6) is 5.75 Å². The number of nitrogens with two attached hydrogens (primary N) is 1. The van der Waals surface area contributed by atoms with Crippen LogP contribution in [-0.4, -0.2) is 50.1 Å². The fourth-order valence-electron chi connectivity index (χ4n) is 4.10. The second-order valence-corrected chi connectivity index (χ2v) is 8.15. The number of likely N-dealkylation sites (tertiary alicyclic amines) is 1. The summed E-state index contributed by atoms with van der Waals surface area (Å²) in [6.45, 7) is 3.51. The Labute approximate surface area is 188 Å². The number of hydrogen-bond acceptors (Lipinski definition) is 4. The van der Waals surface area contributed by atoms with E-state index in [9.17, 15) is 14.0 Å². The van der Waals surface area contributed by atoms with Crippen molar-refractivity contribution in [3.05, 3.63) is 59.4 Å². The summed E-state index contributed by atoms with van der Waals surface area (Å²) in [5.41, 5.74) is 7.16. The highest BCUT2D eigenvalue weighted by Gasteiger charge is 2.20. The Kier molecular flexibility index (Phi) is 8.44. The number of rotatable bonds is 9. The molecule has 1 heterocycles. The van der Waals surface area contributed by atoms with Crippen LogP contribution in [0.25, 0.3) is 0 Å². The zero-order valence-electron chi connectivity index (χ0n) is 18.4. The van der Waals surface area contributed by atoms with Gasteiger partial charge in [-0.05, 0) is 80.6 Å². The summed E-state index contributed by atoms with van der Waals surface area (Å²) in [7, 11) is 1.49. The van der Waals surface area contributed by atoms with E-state index in [0.717, 1.165) is 38.9 Å². The van der Waals surface area contributed by atoms with Crippen molar-refractivity contribution in [2.45, 2.75) is 25.7 Å². The van der Waals surface area contributed by atoms with Gasteiger partial charge >= 0.3 is 6.03 Å². The molecule has 2 aromatic carbocycles. The smallest absolute Gasteiger partial charge is 0.319 e. The van der Waals surface area contributed by atoms with Crippen LogP contribution in [0, 0.1) is 11.7 Å². The molecule has 0 saturated carbocycles. The van der Waals surface area contributed by atoms with Gasteiger partial charge in [0.05, 0.1) is 12.8 Å². The maximum atomic E-state index is 13.1. The number of carbonyl (C=O) groups excluding carboxylic acids is 2. The summed E-state index contributed by atoms with van der Waals surface area (Å²) in [5.74, 6) is 0.242. The molecule has 2 aromatic rings. The third-order valence-corrected chi connectivity index (χ3v) is 5.71. The van der Waals surface area contributed by atoms with E-state index in [0.29, 0.717) is 29.5 Å². The monoisotopic (exact) mass is 442 g/mol. The molecule has 0 aliphatic carbocycles. The number of amides is 3. The standard InChI is InChI=1S/C24H31FN4O3/c1-32-22-10-7-19(23(26)30)15-21(22)28-24(31)27-11-3-13-29-12-2-4-18(16-29)14-17-5-8-20(25)9-6-17/h5-10,15,18H,2-4,11-14,16H2,1H3,(H2,26,30)(H2,27,28,31). The zero-order chi connectivity index (χ0) is 22.9. The Morgan fingerprint density at radius 3 is 2.72 bits per heavy atom. The highest BCUT2D eigenvalue weighted by Crippen LogP contribution is 2.25. The molecule has 0 aromatic heterocycles. The van der Waals surface area contributed by atoms with Gasteiger partial charge in [-0.3, -0.25) is 4.79 Å². The molecule has 7 nitrogen and oxygen atoms in total. The first-order valence-electron chi connectivity index (χ1n) is 10.9. The molecule has 0 bridgehead atoms. The molecule has 3 rings (SSSR count). The molecule has 1 saturated heterocycles. The summed E-state index contributed by atoms with van der Waals surface area (Å²) in [5, 5.41) is 5.55. The minimum Gasteiger partial charge on any atom is -0.495 e. The van der Waals surface area contributed by atoms with E-state index < -0.39 is 5.91 Å². The van der Waals surface area contributed by atoms with E-state index in [2.05, 4.69) is 15.5 Å². The molecule has 1 atom stereocenters. The van der Waals surface area contributed by atoms with E-state index in [-0.39, 0.29) is 11.8 Å². The lowest BCUT2D eigenvalue weighted by atomic mass is 9.91. The first-order valence-corrected chi connectivity index (χ1v) is 10.9. The van der Waals surface area contributed by atoms with E-state index in [1.165, 1.54) is 37.3 Å². The molecular formula is C24H31FN4O3. The Bertz CT molecular complexity index is 920. The lowest BCUT2D eigenvalue weighted by Gasteiger charge is -2.32. The second kappa shape index (κ2) is 11.5. The van der Waals surface area contributed by atoms with Crippen LogP contribution >= 0.6 is 0 Å². The number of hydrogen-bond donors (Lipinski definition) is 3. The van der Waals surface area contributed by atoms with Crippen LogP contribution in [0.15, 0.2) is 42.5 Å². The summed E-state index contributed by atoms with van der Waals surface area (Å²) >= 11 is 0. The predicted octanol–water partition coefficient (Wildman–Crippen LogP) is 3.40. The quantitative estimate of drug-likeness (QED) is 0.519. The summed E-state index contributed by atoms with van der Waals surface area (Å²) in [6.07, 6.45) is 4.12. The number of urea groups is 1. The number of nitrogens with zero attached hydrogens (tertiary/aromatic N) is 1. The van der Waals surface area contributed by atoms with E-state index in [1.807, 2.05) is 12.1 Å². The van der Waals surface area contributed by atoms with Gasteiger partial charge < -0.3 is 26.0 Å². The Hall–Kier alpha value is -3.13. The van der Waals surface area contributed by atoms with E-state index >= 15 is 0 Å². The van der Waals surface area contributed by atoms with Gasteiger partial charge in [-0.15, -0.1) is 0 Å². The van der Waals surface area contributed by atoms with Crippen LogP contribution in [0.2, 0.25) is 0 Å². The van der Waals surface area contributed by atoms with Crippen molar-refractivity contribution in [2.75, 3.05) is 38.6 Å². The van der Waals surface area contributed by atoms with Gasteiger partial charge in [0.15, 0.2) is 0 Å². The average Bonchev–Trinajstić information content (AvgIpc) is 2.78. The summed E-state index contributed by atoms with van der Waals surface area (Å²) < 4.78 is 18.3. The van der Waals surface area contributed by atoms with Gasteiger partial charge in [-0.1, -0.05) is 12.1 Å². The summed E-state index contributed by atoms with van der Waals surface area (Å²) in [6, 6.07) is 11.0. The van der Waals surface area contributed by atoms with Crippen LogP contribution in [0.3, 0.4) is 0 Å². The molecule has 0 radical (unpaired) electrons. The number of halogens is 1. The SMILES string of the molecule is COc1ccc(C(N)=O)cc1NC(=O)NCCCN1CCCC(Cc2ccc(F)cc2)C1. The molecule has 3 amide bonds. The van der Waals surface area contributed by atoms with Gasteiger partial charge in [0, 0.05) is 18.7 Å². The third kappa shape index (κ3) is 6.95. The minimum atomic E-state index is -0.574. The minimum absolute atomic E-state index is 0.199. The zero-order valence-corrected chi connectivity index (χ0v) is 18.4. The number of nitrogens with one attached hydrogen (secondary N) is 2. The second-order valence-electron chi connectivity index (χ2n) is 8.15. The number of primary amides is 1. The Morgan fingerprint density at radius 2 is 2.00 bits per heavy atom. The largest absolute Gasteiger partial charge is 0.495 e. The number of anilines is 1. The lowest BCUT2D eigenvalue weighted by molar-refractivity contribution is 0.1000. The van der Waals surface area contributed by atoms with Crippen molar-refractivity contribution in [2.24, 2.45) is 11.7 Å². The maximum Gasteiger partial charge on any atom is 0.319 e. The molecule has 1 unspecified atom stereocenters. The van der Waals surface area contributed by atoms with Crippen molar-refractivity contribution in [3.63, 3.8) is 0 Å². The molecule has 0 spiro atoms. The van der Waals surface area contributed by atoms with Gasteiger partial charge in [-0.2, -0.15) is 0 Å². The topological polar surface area (TPSA) is 96.7 Å². The van der Waals surface area contributed by atoms with Gasteiger partial charge in [0.1, 0.15) is 11.6 Å². The van der Waals surface area contributed by atoms with Crippen molar-refractivity contribution >= 4 is 17.6 Å². The number of piperidine rings is 1. The van der Waals surface area contributed by atoms with Crippen molar-refractivity contribution in [1.29, 1.82) is 0 Å². The molecule has 1 aliphatic heterocycles. The third-order valence-electron chi connectivity index (χ3n) is 5.71. The molecule has 1 aliphatic rings. The maximum absolute atomic E-state index is 13.1. The van der Waals surface area contributed by atoms with Crippen molar-refractivity contribution < 1.29 is 18.7 Å². The molecule has 4 N–H and O–H groups in total. The fourth-order valence-corrected chi connectivity index (χ4v) is 4.10. The first kappa shape index (κ1) is 23.5. The predicted molar refractivity (Wildman–Crippen MR) is 122 cm³/mol. The molecule has 172 valence electrons. The van der Waals surface area contributed by atoms with Gasteiger partial charge in [-0.25, -0.2) is 9.18 Å². The highest BCUT2D eigenvalue weighted by molar-refractivity contribution is 5.97. The van der Waals surface area contributed by atoms with Crippen LogP contribution in [-0.2, 0) is 6.42 Å². The Morgan fingerprint density at radius 1 is 1.22 bits per heavy atom. The van der Waals surface area contributed by atoms with Crippen LogP contribution < -0.4 is 21.1 Å². The van der Waals surface area contributed by atoms with Crippen LogP contribution in [0.4, 0.5) is 14.9 Å². The first-order chi connectivity index (χ1) is 15.4. The van der Waals surface area contributed by atoms with Crippen LogP contribution in [0.1, 0.15) is 35.2 Å². The van der Waals surface area contributed by atoms with E-state index in [1.54, 1.807) is 12.1 Å². The number of ether oxygens (including phenoxy) is 1. The van der Waals surface area contributed by atoms with E-state index in [4.69, 9.17) is 10.5 Å². The summed E-state index contributed by atoms with van der Waals surface area (Å²) in [4.78, 5) is 26.1. The van der Waals surface area contributed by atoms with Crippen molar-refractivity contribution in [3.8, 4) is 5.75 Å². The fraction of sp³-hybridized carbons (Fsp3) is 0.417. The number of benzene rings is 2. The number of methoxy groups -OCH3 is 1. The average molecular weight is 443 g/mol. The van der Waals surface area contributed by atoms with Gasteiger partial charge in [0.2, 0.25) is 5.91 Å². The molecule has 32 heavy (non-hydrogen) atoms. The Balaban J connectivity index is 1.40. The normalized spacial score (nSPS) is 16.4. The highest BCUT2D eigenvalue weighted by atomic mass is 19.1. The molecule has 1 fully saturated rings. The molecule has 8 heteroatoms.